The average Bonchev–Trinajstić information content (AvgIpc) is 3.28. The molecule has 1 aromatic heterocycles. The van der Waals surface area contributed by atoms with Crippen molar-refractivity contribution in [3.05, 3.63) is 58.2 Å². The van der Waals surface area contributed by atoms with Crippen molar-refractivity contribution < 1.29 is 14.4 Å². The normalized spacial score (nSPS) is 22.4. The highest BCUT2D eigenvalue weighted by molar-refractivity contribution is 8.18. The standard InChI is InChI=1S/C24H21ClN4O3S/c1-14(30)28-19-10-6-5-9-16(19)20(22(28)31)21-23(32)29(15-7-3-2-4-8-15)24(33-21)27-18-11-12-26-13-17(18)25/h5-6,9-13,15H,2-4,7-8H2,1H3/b21-20-,27-24?. The summed E-state index contributed by atoms with van der Waals surface area (Å²) in [6.45, 7) is 1.35. The number of hydrogen-bond donors (Lipinski definition) is 0. The van der Waals surface area contributed by atoms with Gasteiger partial charge in [-0.05, 0) is 36.7 Å². The SMILES string of the molecule is CC(=O)N1C(=O)/C(=C2\SC(=Nc3ccncc3Cl)N(C3CCCCC3)C2=O)c2ccccc21. The van der Waals surface area contributed by atoms with Crippen LogP contribution in [0.4, 0.5) is 11.4 Å². The fraction of sp³-hybridized carbons (Fsp3) is 0.292. The summed E-state index contributed by atoms with van der Waals surface area (Å²) in [5.41, 5.74) is 1.85. The Morgan fingerprint density at radius 1 is 1.12 bits per heavy atom. The number of amides is 3. The third kappa shape index (κ3) is 3.77. The third-order valence-electron chi connectivity index (χ3n) is 6.09. The van der Waals surface area contributed by atoms with Crippen LogP contribution < -0.4 is 4.90 Å². The zero-order valence-electron chi connectivity index (χ0n) is 18.0. The summed E-state index contributed by atoms with van der Waals surface area (Å²) in [6.07, 6.45) is 8.07. The van der Waals surface area contributed by atoms with E-state index in [4.69, 9.17) is 16.6 Å². The van der Waals surface area contributed by atoms with Crippen LogP contribution in [0.5, 0.6) is 0 Å². The minimum Gasteiger partial charge on any atom is -0.283 e. The number of nitrogens with zero attached hydrogens (tertiary/aromatic N) is 4. The van der Waals surface area contributed by atoms with Crippen molar-refractivity contribution >= 4 is 63.2 Å². The second kappa shape index (κ2) is 8.76. The number of amidine groups is 1. The summed E-state index contributed by atoms with van der Waals surface area (Å²) in [7, 11) is 0. The van der Waals surface area contributed by atoms with E-state index < -0.39 is 5.91 Å². The first-order valence-electron chi connectivity index (χ1n) is 10.9. The summed E-state index contributed by atoms with van der Waals surface area (Å²) < 4.78 is 0. The van der Waals surface area contributed by atoms with Crippen LogP contribution in [0.3, 0.4) is 0 Å². The van der Waals surface area contributed by atoms with Gasteiger partial charge in [0.05, 0.1) is 26.9 Å². The predicted octanol–water partition coefficient (Wildman–Crippen LogP) is 4.94. The van der Waals surface area contributed by atoms with Crippen molar-refractivity contribution in [1.29, 1.82) is 0 Å². The number of anilines is 1. The number of pyridine rings is 1. The van der Waals surface area contributed by atoms with Crippen molar-refractivity contribution in [2.75, 3.05) is 4.90 Å². The van der Waals surface area contributed by atoms with Gasteiger partial charge in [-0.2, -0.15) is 0 Å². The van der Waals surface area contributed by atoms with Crippen LogP contribution in [0.2, 0.25) is 5.02 Å². The van der Waals surface area contributed by atoms with Crippen LogP contribution in [-0.4, -0.2) is 38.8 Å². The highest BCUT2D eigenvalue weighted by atomic mass is 35.5. The molecule has 7 nitrogen and oxygen atoms in total. The van der Waals surface area contributed by atoms with Gasteiger partial charge >= 0.3 is 0 Å². The number of carbonyl (C=O) groups is 3. The summed E-state index contributed by atoms with van der Waals surface area (Å²) in [4.78, 5) is 51.2. The molecular weight excluding hydrogens is 460 g/mol. The minimum absolute atomic E-state index is 0.00636. The van der Waals surface area contributed by atoms with E-state index in [-0.39, 0.29) is 23.4 Å². The van der Waals surface area contributed by atoms with E-state index in [1.807, 2.05) is 0 Å². The summed E-state index contributed by atoms with van der Waals surface area (Å²) in [5.74, 6) is -1.12. The Hall–Kier alpha value is -2.97. The van der Waals surface area contributed by atoms with Gasteiger partial charge in [-0.15, -0.1) is 0 Å². The van der Waals surface area contributed by atoms with Crippen LogP contribution >= 0.6 is 23.4 Å². The van der Waals surface area contributed by atoms with Crippen molar-refractivity contribution in [3.8, 4) is 0 Å². The zero-order chi connectivity index (χ0) is 23.1. The zero-order valence-corrected chi connectivity index (χ0v) is 19.5. The smallest absolute Gasteiger partial charge is 0.267 e. The van der Waals surface area contributed by atoms with Crippen LogP contribution in [0.1, 0.15) is 44.6 Å². The molecule has 168 valence electrons. The van der Waals surface area contributed by atoms with E-state index in [0.717, 1.165) is 37.0 Å². The Bertz CT molecular complexity index is 1240. The average molecular weight is 481 g/mol. The number of para-hydroxylation sites is 1. The lowest BCUT2D eigenvalue weighted by Crippen LogP contribution is -2.40. The van der Waals surface area contributed by atoms with E-state index in [1.54, 1.807) is 41.4 Å². The lowest BCUT2D eigenvalue weighted by atomic mass is 9.94. The molecule has 3 heterocycles. The van der Waals surface area contributed by atoms with Gasteiger partial charge < -0.3 is 0 Å². The van der Waals surface area contributed by atoms with Gasteiger partial charge in [0.2, 0.25) is 5.91 Å². The monoisotopic (exact) mass is 480 g/mol. The molecule has 0 radical (unpaired) electrons. The highest BCUT2D eigenvalue weighted by Gasteiger charge is 2.45. The maximum atomic E-state index is 13.8. The molecule has 0 bridgehead atoms. The van der Waals surface area contributed by atoms with Crippen molar-refractivity contribution in [3.63, 3.8) is 0 Å². The number of aliphatic imine (C=N–C) groups is 1. The van der Waals surface area contributed by atoms with Gasteiger partial charge in [-0.25, -0.2) is 9.89 Å². The van der Waals surface area contributed by atoms with Crippen molar-refractivity contribution in [2.45, 2.75) is 45.1 Å². The Labute approximate surface area is 200 Å². The number of carbonyl (C=O) groups excluding carboxylic acids is 3. The van der Waals surface area contributed by atoms with Gasteiger partial charge in [0.25, 0.3) is 11.8 Å². The number of rotatable bonds is 2. The number of fused-ring (bicyclic) bond motifs is 1. The predicted molar refractivity (Wildman–Crippen MR) is 129 cm³/mol. The lowest BCUT2D eigenvalue weighted by molar-refractivity contribution is -0.125. The van der Waals surface area contributed by atoms with Crippen LogP contribution in [-0.2, 0) is 14.4 Å². The topological polar surface area (TPSA) is 82.9 Å². The third-order valence-corrected chi connectivity index (χ3v) is 7.44. The molecule has 1 aromatic carbocycles. The molecule has 0 N–H and O–H groups in total. The van der Waals surface area contributed by atoms with Gasteiger partial charge in [-0.1, -0.05) is 49.1 Å². The van der Waals surface area contributed by atoms with E-state index in [9.17, 15) is 14.4 Å². The van der Waals surface area contributed by atoms with Crippen LogP contribution in [0.15, 0.2) is 52.6 Å². The quantitative estimate of drug-likeness (QED) is 0.569. The molecule has 33 heavy (non-hydrogen) atoms. The molecule has 2 fully saturated rings. The maximum Gasteiger partial charge on any atom is 0.267 e. The number of hydrogen-bond acceptors (Lipinski definition) is 6. The molecule has 9 heteroatoms. The Morgan fingerprint density at radius 2 is 1.88 bits per heavy atom. The molecule has 2 aliphatic heterocycles. The molecule has 0 spiro atoms. The number of aromatic nitrogens is 1. The Morgan fingerprint density at radius 3 is 2.61 bits per heavy atom. The number of imide groups is 1. The molecular formula is C24H21ClN4O3S. The molecule has 0 atom stereocenters. The molecule has 5 rings (SSSR count). The van der Waals surface area contributed by atoms with Gasteiger partial charge in [0.1, 0.15) is 0 Å². The summed E-state index contributed by atoms with van der Waals surface area (Å²) in [6, 6.07) is 8.75. The van der Waals surface area contributed by atoms with E-state index >= 15 is 0 Å². The largest absolute Gasteiger partial charge is 0.283 e. The van der Waals surface area contributed by atoms with Gasteiger partial charge in [0, 0.05) is 30.9 Å². The molecule has 3 amide bonds. The fourth-order valence-electron chi connectivity index (χ4n) is 4.59. The highest BCUT2D eigenvalue weighted by Crippen LogP contribution is 2.46. The molecule has 1 saturated heterocycles. The molecule has 1 saturated carbocycles. The lowest BCUT2D eigenvalue weighted by Gasteiger charge is -2.30. The van der Waals surface area contributed by atoms with Gasteiger partial charge in [0.15, 0.2) is 5.17 Å². The number of halogens is 1. The van der Waals surface area contributed by atoms with E-state index in [1.165, 1.54) is 24.9 Å². The number of benzene rings is 1. The van der Waals surface area contributed by atoms with E-state index in [2.05, 4.69) is 4.98 Å². The van der Waals surface area contributed by atoms with E-state index in [0.29, 0.717) is 32.0 Å². The minimum atomic E-state index is -0.480. The molecule has 2 aromatic rings. The Balaban J connectivity index is 1.66. The Kier molecular flexibility index (Phi) is 5.80. The summed E-state index contributed by atoms with van der Waals surface area (Å²) in [5, 5.41) is 0.877. The fourth-order valence-corrected chi connectivity index (χ4v) is 5.89. The van der Waals surface area contributed by atoms with Crippen LogP contribution in [0.25, 0.3) is 5.57 Å². The first-order valence-corrected chi connectivity index (χ1v) is 12.0. The maximum absolute atomic E-state index is 13.8. The molecule has 3 aliphatic rings. The number of thioether (sulfide) groups is 1. The van der Waals surface area contributed by atoms with Crippen LogP contribution in [0, 0.1) is 0 Å². The molecule has 1 aliphatic carbocycles. The first-order chi connectivity index (χ1) is 16.0. The van der Waals surface area contributed by atoms with Gasteiger partial charge in [-0.3, -0.25) is 24.3 Å². The first kappa shape index (κ1) is 21.9. The molecule has 0 unspecified atom stereocenters. The second-order valence-electron chi connectivity index (χ2n) is 8.17. The summed E-state index contributed by atoms with van der Waals surface area (Å²) >= 11 is 7.46. The van der Waals surface area contributed by atoms with Crippen molar-refractivity contribution in [1.82, 2.24) is 9.88 Å². The second-order valence-corrected chi connectivity index (χ2v) is 9.56. The van der Waals surface area contributed by atoms with Crippen molar-refractivity contribution in [2.24, 2.45) is 4.99 Å².